The minimum atomic E-state index is 0.299. The largest absolute Gasteiger partial charge is 0.311 e. The molecule has 7 rings (SSSR count). The molecule has 0 aliphatic rings. The third kappa shape index (κ3) is 8.03. The molecule has 7 aromatic carbocycles. The predicted molar refractivity (Wildman–Crippen MR) is 223 cm³/mol. The van der Waals surface area contributed by atoms with Gasteiger partial charge in [0.1, 0.15) is 0 Å². The first-order valence-electron chi connectivity index (χ1n) is 18.5. The Hall–Kier alpha value is -5.86. The second-order valence-electron chi connectivity index (χ2n) is 14.2. The molecule has 2 nitrogen and oxygen atoms in total. The number of hydrogen-bond acceptors (Lipinski definition) is 2. The fourth-order valence-corrected chi connectivity index (χ4v) is 6.85. The summed E-state index contributed by atoms with van der Waals surface area (Å²) < 4.78 is 0. The van der Waals surface area contributed by atoms with Crippen LogP contribution in [-0.4, -0.2) is 0 Å². The summed E-state index contributed by atoms with van der Waals surface area (Å²) in [7, 11) is 0. The van der Waals surface area contributed by atoms with Crippen molar-refractivity contribution < 1.29 is 0 Å². The van der Waals surface area contributed by atoms with Crippen LogP contribution in [0.15, 0.2) is 170 Å². The Kier molecular flexibility index (Phi) is 10.4. The zero-order valence-corrected chi connectivity index (χ0v) is 31.1. The number of hydrogen-bond donors (Lipinski definition) is 0. The number of benzene rings is 7. The first kappa shape index (κ1) is 34.6. The fraction of sp³-hybridized carbons (Fsp3) is 0.160. The van der Waals surface area contributed by atoms with Crippen molar-refractivity contribution in [2.24, 2.45) is 0 Å². The van der Waals surface area contributed by atoms with E-state index in [1.165, 1.54) is 61.6 Å². The maximum atomic E-state index is 2.33. The van der Waals surface area contributed by atoms with Crippen molar-refractivity contribution in [1.82, 2.24) is 0 Å². The lowest BCUT2D eigenvalue weighted by atomic mass is 9.91. The van der Waals surface area contributed by atoms with Crippen LogP contribution in [0.4, 0.5) is 34.1 Å². The number of nitrogens with zero attached hydrogens (tertiary/aromatic N) is 2. The monoisotopic (exact) mass is 676 g/mol. The molecule has 0 saturated heterocycles. The van der Waals surface area contributed by atoms with Gasteiger partial charge in [0.05, 0.1) is 0 Å². The quantitative estimate of drug-likeness (QED) is 0.135. The summed E-state index contributed by atoms with van der Waals surface area (Å²) in [6, 6.07) is 62.5. The Labute approximate surface area is 310 Å². The molecule has 0 aliphatic carbocycles. The van der Waals surface area contributed by atoms with Gasteiger partial charge in [-0.3, -0.25) is 0 Å². The van der Waals surface area contributed by atoms with Gasteiger partial charge in [-0.25, -0.2) is 0 Å². The smallest absolute Gasteiger partial charge is 0.0461 e. The zero-order valence-electron chi connectivity index (χ0n) is 31.1. The van der Waals surface area contributed by atoms with Gasteiger partial charge in [-0.1, -0.05) is 126 Å². The molecular formula is C50H48N2. The second kappa shape index (κ2) is 15.6. The Morgan fingerprint density at radius 3 is 0.808 bits per heavy atom. The number of rotatable bonds is 11. The Morgan fingerprint density at radius 2 is 0.519 bits per heavy atom. The first-order valence-corrected chi connectivity index (χ1v) is 18.5. The standard InChI is InChI=1S/C50H48N2/c1-36-6-24-45(25-7-36)51(46-26-8-37(2)9-27-46)49-32-18-42(19-33-49)15-14-41-16-20-43(21-17-41)40(5)44-22-34-50(35-23-44)52(47-28-10-38(3)11-29-47)48-30-12-39(4)13-31-48/h6-13,16-35,40H,14-15H2,1-5H3. The van der Waals surface area contributed by atoms with Crippen molar-refractivity contribution in [3.8, 4) is 0 Å². The molecule has 0 N–H and O–H groups in total. The van der Waals surface area contributed by atoms with Crippen LogP contribution in [0.1, 0.15) is 57.3 Å². The topological polar surface area (TPSA) is 6.48 Å². The zero-order chi connectivity index (χ0) is 36.0. The van der Waals surface area contributed by atoms with Crippen molar-refractivity contribution in [3.05, 3.63) is 214 Å². The average Bonchev–Trinajstić information content (AvgIpc) is 3.18. The van der Waals surface area contributed by atoms with Crippen LogP contribution in [0.25, 0.3) is 0 Å². The van der Waals surface area contributed by atoms with E-state index in [2.05, 4.69) is 214 Å². The van der Waals surface area contributed by atoms with E-state index in [0.29, 0.717) is 5.92 Å². The van der Waals surface area contributed by atoms with Crippen LogP contribution in [0.3, 0.4) is 0 Å². The summed E-state index contributed by atoms with van der Waals surface area (Å²) in [6.45, 7) is 10.8. The lowest BCUT2D eigenvalue weighted by molar-refractivity contribution is 0.912. The molecule has 0 bridgehead atoms. The predicted octanol–water partition coefficient (Wildman–Crippen LogP) is 13.8. The van der Waals surface area contributed by atoms with Crippen LogP contribution in [-0.2, 0) is 12.8 Å². The van der Waals surface area contributed by atoms with E-state index in [9.17, 15) is 0 Å². The van der Waals surface area contributed by atoms with Crippen molar-refractivity contribution in [1.29, 1.82) is 0 Å². The second-order valence-corrected chi connectivity index (χ2v) is 14.2. The summed E-state index contributed by atoms with van der Waals surface area (Å²) in [6.07, 6.45) is 2.01. The highest BCUT2D eigenvalue weighted by atomic mass is 15.1. The minimum absolute atomic E-state index is 0.299. The van der Waals surface area contributed by atoms with E-state index in [4.69, 9.17) is 0 Å². The summed E-state index contributed by atoms with van der Waals surface area (Å²) in [5.41, 5.74) is 17.4. The van der Waals surface area contributed by atoms with Gasteiger partial charge in [-0.15, -0.1) is 0 Å². The van der Waals surface area contributed by atoms with Crippen molar-refractivity contribution in [3.63, 3.8) is 0 Å². The SMILES string of the molecule is Cc1ccc(N(c2ccc(C)cc2)c2ccc(CCc3ccc(C(C)c4ccc(N(c5ccc(C)cc5)c5ccc(C)cc5)cc4)cc3)cc2)cc1. The third-order valence-corrected chi connectivity index (χ3v) is 10.2. The molecule has 2 heteroatoms. The van der Waals surface area contributed by atoms with Gasteiger partial charge < -0.3 is 9.80 Å². The van der Waals surface area contributed by atoms with Crippen molar-refractivity contribution in [2.45, 2.75) is 53.4 Å². The third-order valence-electron chi connectivity index (χ3n) is 10.2. The lowest BCUT2D eigenvalue weighted by Crippen LogP contribution is -2.10. The molecule has 0 heterocycles. The molecule has 7 aromatic rings. The van der Waals surface area contributed by atoms with E-state index in [0.717, 1.165) is 29.9 Å². The van der Waals surface area contributed by atoms with Gasteiger partial charge in [-0.05, 0) is 136 Å². The molecule has 0 fully saturated rings. The molecule has 0 saturated carbocycles. The van der Waals surface area contributed by atoms with Crippen LogP contribution >= 0.6 is 0 Å². The highest BCUT2D eigenvalue weighted by molar-refractivity contribution is 5.78. The molecule has 0 radical (unpaired) electrons. The Morgan fingerprint density at radius 1 is 0.308 bits per heavy atom. The minimum Gasteiger partial charge on any atom is -0.311 e. The average molecular weight is 677 g/mol. The van der Waals surface area contributed by atoms with E-state index in [-0.39, 0.29) is 0 Å². The molecule has 0 amide bonds. The van der Waals surface area contributed by atoms with Gasteiger partial charge in [0.25, 0.3) is 0 Å². The molecule has 0 aromatic heterocycles. The van der Waals surface area contributed by atoms with Crippen molar-refractivity contribution in [2.75, 3.05) is 9.80 Å². The lowest BCUT2D eigenvalue weighted by Gasteiger charge is -2.26. The summed E-state index contributed by atoms with van der Waals surface area (Å²) in [5.74, 6) is 0.299. The van der Waals surface area contributed by atoms with Crippen molar-refractivity contribution >= 4 is 34.1 Å². The number of aryl methyl sites for hydroxylation is 6. The van der Waals surface area contributed by atoms with Crippen LogP contribution in [0.5, 0.6) is 0 Å². The van der Waals surface area contributed by atoms with E-state index >= 15 is 0 Å². The molecule has 1 unspecified atom stereocenters. The van der Waals surface area contributed by atoms with E-state index < -0.39 is 0 Å². The first-order chi connectivity index (χ1) is 25.3. The highest BCUT2D eigenvalue weighted by Crippen LogP contribution is 2.37. The molecule has 52 heavy (non-hydrogen) atoms. The van der Waals surface area contributed by atoms with E-state index in [1.54, 1.807) is 0 Å². The fourth-order valence-electron chi connectivity index (χ4n) is 6.85. The van der Waals surface area contributed by atoms with Crippen LogP contribution in [0.2, 0.25) is 0 Å². The Balaban J connectivity index is 1.02. The number of anilines is 6. The van der Waals surface area contributed by atoms with Crippen LogP contribution in [0, 0.1) is 27.7 Å². The van der Waals surface area contributed by atoms with Crippen LogP contribution < -0.4 is 9.80 Å². The van der Waals surface area contributed by atoms with Gasteiger partial charge in [0.15, 0.2) is 0 Å². The maximum Gasteiger partial charge on any atom is 0.0461 e. The summed E-state index contributed by atoms with van der Waals surface area (Å²) >= 11 is 0. The summed E-state index contributed by atoms with van der Waals surface area (Å²) in [4.78, 5) is 4.67. The summed E-state index contributed by atoms with van der Waals surface area (Å²) in [5, 5.41) is 0. The maximum absolute atomic E-state index is 2.33. The van der Waals surface area contributed by atoms with Gasteiger partial charge in [-0.2, -0.15) is 0 Å². The van der Waals surface area contributed by atoms with E-state index in [1.807, 2.05) is 0 Å². The molecule has 258 valence electrons. The molecule has 0 aliphatic heterocycles. The molecule has 1 atom stereocenters. The Bertz CT molecular complexity index is 2090. The van der Waals surface area contributed by atoms with Gasteiger partial charge >= 0.3 is 0 Å². The highest BCUT2D eigenvalue weighted by Gasteiger charge is 2.15. The normalized spacial score (nSPS) is 11.6. The molecule has 0 spiro atoms. The van der Waals surface area contributed by atoms with Gasteiger partial charge in [0.2, 0.25) is 0 Å². The van der Waals surface area contributed by atoms with Gasteiger partial charge in [0, 0.05) is 40.0 Å². The molecular weight excluding hydrogens is 629 g/mol.